The van der Waals surface area contributed by atoms with Crippen molar-refractivity contribution < 1.29 is 22.6 Å². The maximum atomic E-state index is 12.2. The Labute approximate surface area is 123 Å². The second kappa shape index (κ2) is 5.35. The first-order valence-electron chi connectivity index (χ1n) is 6.32. The van der Waals surface area contributed by atoms with Crippen LogP contribution in [0.25, 0.3) is 10.9 Å². The molecule has 7 heteroatoms. The van der Waals surface area contributed by atoms with Crippen molar-refractivity contribution in [3.63, 3.8) is 0 Å². The Kier molecular flexibility index (Phi) is 3.67. The summed E-state index contributed by atoms with van der Waals surface area (Å²) in [6.45, 7) is -0.378. The van der Waals surface area contributed by atoms with Gasteiger partial charge in [0, 0.05) is 17.4 Å². The number of ether oxygens (including phenoxy) is 2. The molecule has 1 aromatic heterocycles. The summed E-state index contributed by atoms with van der Waals surface area (Å²) in [7, 11) is 0. The van der Waals surface area contributed by atoms with Gasteiger partial charge in [0.15, 0.2) is 6.61 Å². The van der Waals surface area contributed by atoms with Crippen LogP contribution in [0.3, 0.4) is 0 Å². The minimum absolute atomic E-state index is 0.111. The lowest BCUT2D eigenvalue weighted by Crippen LogP contribution is -2.19. The zero-order valence-electron chi connectivity index (χ0n) is 10.8. The smallest absolute Gasteiger partial charge is 0.422 e. The molecule has 1 aliphatic rings. The van der Waals surface area contributed by atoms with Crippen LogP contribution in [-0.2, 0) is 17.8 Å². The summed E-state index contributed by atoms with van der Waals surface area (Å²) in [5.41, 5.74) is 2.31. The topological polar surface area (TPSA) is 31.4 Å². The average Bonchev–Trinajstić information content (AvgIpc) is 2.45. The highest BCUT2D eigenvalue weighted by Crippen LogP contribution is 2.33. The number of nitrogens with zero attached hydrogens (tertiary/aromatic N) is 1. The molecule has 0 saturated heterocycles. The fourth-order valence-corrected chi connectivity index (χ4v) is 2.56. The summed E-state index contributed by atoms with van der Waals surface area (Å²) in [4.78, 5) is 4.48. The SMILES string of the molecule is FC(F)(F)COc1ccc2nc3c(c(Cl)c2c1)COCC3. The van der Waals surface area contributed by atoms with E-state index in [-0.39, 0.29) is 5.75 Å². The van der Waals surface area contributed by atoms with E-state index in [1.165, 1.54) is 12.1 Å². The molecule has 0 saturated carbocycles. The van der Waals surface area contributed by atoms with Crippen molar-refractivity contribution in [1.29, 1.82) is 0 Å². The average molecular weight is 318 g/mol. The molecule has 0 N–H and O–H groups in total. The third kappa shape index (κ3) is 3.06. The molecule has 0 aliphatic carbocycles. The molecule has 2 heterocycles. The summed E-state index contributed by atoms with van der Waals surface area (Å²) in [5.74, 6) is 0.111. The van der Waals surface area contributed by atoms with Gasteiger partial charge in [-0.05, 0) is 18.2 Å². The van der Waals surface area contributed by atoms with Gasteiger partial charge in [0.25, 0.3) is 0 Å². The van der Waals surface area contributed by atoms with Crippen LogP contribution >= 0.6 is 11.6 Å². The third-order valence-electron chi connectivity index (χ3n) is 3.21. The number of benzene rings is 1. The quantitative estimate of drug-likeness (QED) is 0.841. The number of aromatic nitrogens is 1. The predicted molar refractivity (Wildman–Crippen MR) is 71.7 cm³/mol. The van der Waals surface area contributed by atoms with Crippen molar-refractivity contribution in [2.45, 2.75) is 19.2 Å². The highest BCUT2D eigenvalue weighted by molar-refractivity contribution is 6.36. The number of rotatable bonds is 2. The van der Waals surface area contributed by atoms with E-state index in [0.29, 0.717) is 35.6 Å². The Morgan fingerprint density at radius 2 is 2.14 bits per heavy atom. The van der Waals surface area contributed by atoms with Gasteiger partial charge in [-0.1, -0.05) is 11.6 Å². The van der Waals surface area contributed by atoms with Crippen molar-refractivity contribution in [1.82, 2.24) is 4.98 Å². The van der Waals surface area contributed by atoms with Gasteiger partial charge in [-0.2, -0.15) is 13.2 Å². The number of pyridine rings is 1. The lowest BCUT2D eigenvalue weighted by Gasteiger charge is -2.18. The first-order valence-corrected chi connectivity index (χ1v) is 6.70. The van der Waals surface area contributed by atoms with E-state index in [2.05, 4.69) is 4.98 Å². The summed E-state index contributed by atoms with van der Waals surface area (Å²) >= 11 is 6.32. The molecule has 3 nitrogen and oxygen atoms in total. The number of fused-ring (bicyclic) bond motifs is 2. The maximum absolute atomic E-state index is 12.2. The molecular weight excluding hydrogens is 307 g/mol. The molecule has 0 bridgehead atoms. The molecule has 21 heavy (non-hydrogen) atoms. The van der Waals surface area contributed by atoms with Crippen molar-refractivity contribution >= 4 is 22.5 Å². The number of alkyl halides is 3. The van der Waals surface area contributed by atoms with Crippen LogP contribution in [0.4, 0.5) is 13.2 Å². The van der Waals surface area contributed by atoms with Gasteiger partial charge in [-0.25, -0.2) is 0 Å². The van der Waals surface area contributed by atoms with Gasteiger partial charge in [0.2, 0.25) is 0 Å². The Morgan fingerprint density at radius 3 is 2.90 bits per heavy atom. The van der Waals surface area contributed by atoms with E-state index in [9.17, 15) is 13.2 Å². The first kappa shape index (κ1) is 14.4. The Hall–Kier alpha value is -1.53. The molecule has 0 fully saturated rings. The minimum Gasteiger partial charge on any atom is -0.484 e. The van der Waals surface area contributed by atoms with Gasteiger partial charge >= 0.3 is 6.18 Å². The number of halogens is 4. The minimum atomic E-state index is -4.37. The van der Waals surface area contributed by atoms with Gasteiger partial charge in [-0.3, -0.25) is 4.98 Å². The monoisotopic (exact) mass is 317 g/mol. The van der Waals surface area contributed by atoms with Crippen molar-refractivity contribution in [2.75, 3.05) is 13.2 Å². The molecule has 2 aromatic rings. The van der Waals surface area contributed by atoms with Gasteiger partial charge in [-0.15, -0.1) is 0 Å². The van der Waals surface area contributed by atoms with Crippen LogP contribution < -0.4 is 4.74 Å². The normalized spacial score (nSPS) is 15.0. The lowest BCUT2D eigenvalue weighted by molar-refractivity contribution is -0.153. The third-order valence-corrected chi connectivity index (χ3v) is 3.64. The van der Waals surface area contributed by atoms with Crippen LogP contribution in [0.2, 0.25) is 5.02 Å². The Morgan fingerprint density at radius 1 is 1.33 bits per heavy atom. The largest absolute Gasteiger partial charge is 0.484 e. The van der Waals surface area contributed by atoms with E-state index in [0.717, 1.165) is 11.3 Å². The van der Waals surface area contributed by atoms with E-state index < -0.39 is 12.8 Å². The predicted octanol–water partition coefficient (Wildman–Crippen LogP) is 3.90. The Bertz CT molecular complexity index is 688. The van der Waals surface area contributed by atoms with Crippen LogP contribution in [0.1, 0.15) is 11.3 Å². The van der Waals surface area contributed by atoms with Crippen molar-refractivity contribution in [3.8, 4) is 5.75 Å². The maximum Gasteiger partial charge on any atom is 0.422 e. The zero-order chi connectivity index (χ0) is 15.0. The molecule has 1 aromatic carbocycles. The summed E-state index contributed by atoms with van der Waals surface area (Å²) < 4.78 is 46.6. The summed E-state index contributed by atoms with van der Waals surface area (Å²) in [5, 5.41) is 1.03. The second-order valence-electron chi connectivity index (χ2n) is 4.74. The highest BCUT2D eigenvalue weighted by atomic mass is 35.5. The first-order chi connectivity index (χ1) is 9.94. The van der Waals surface area contributed by atoms with E-state index in [1.807, 2.05) is 0 Å². The van der Waals surface area contributed by atoms with Crippen LogP contribution in [-0.4, -0.2) is 24.4 Å². The molecule has 0 radical (unpaired) electrons. The second-order valence-corrected chi connectivity index (χ2v) is 5.11. The Balaban J connectivity index is 1.99. The van der Waals surface area contributed by atoms with Gasteiger partial charge in [0.05, 0.1) is 29.4 Å². The van der Waals surface area contributed by atoms with Gasteiger partial charge < -0.3 is 9.47 Å². The lowest BCUT2D eigenvalue weighted by atomic mass is 10.1. The number of hydrogen-bond donors (Lipinski definition) is 0. The van der Waals surface area contributed by atoms with Crippen LogP contribution in [0, 0.1) is 0 Å². The molecule has 3 rings (SSSR count). The number of hydrogen-bond acceptors (Lipinski definition) is 3. The molecule has 0 amide bonds. The molecular formula is C14H11ClF3NO2. The fraction of sp³-hybridized carbons (Fsp3) is 0.357. The fourth-order valence-electron chi connectivity index (χ4n) is 2.24. The van der Waals surface area contributed by atoms with Crippen molar-refractivity contribution in [3.05, 3.63) is 34.5 Å². The van der Waals surface area contributed by atoms with E-state index in [4.69, 9.17) is 21.1 Å². The van der Waals surface area contributed by atoms with Gasteiger partial charge in [0.1, 0.15) is 5.75 Å². The van der Waals surface area contributed by atoms with E-state index >= 15 is 0 Å². The summed E-state index contributed by atoms with van der Waals surface area (Å²) in [6, 6.07) is 4.55. The van der Waals surface area contributed by atoms with Crippen LogP contribution in [0.5, 0.6) is 5.75 Å². The molecule has 1 aliphatic heterocycles. The molecule has 0 atom stereocenters. The zero-order valence-corrected chi connectivity index (χ0v) is 11.6. The van der Waals surface area contributed by atoms with Crippen LogP contribution in [0.15, 0.2) is 18.2 Å². The summed E-state index contributed by atoms with van der Waals surface area (Å²) in [6.07, 6.45) is -3.70. The molecule has 0 unspecified atom stereocenters. The standard InChI is InChI=1S/C14H11ClF3NO2/c15-13-9-5-8(21-7-14(16,17)18)1-2-11(9)19-12-3-4-20-6-10(12)13/h1-2,5H,3-4,6-7H2. The highest BCUT2D eigenvalue weighted by Gasteiger charge is 2.28. The van der Waals surface area contributed by atoms with E-state index in [1.54, 1.807) is 6.07 Å². The molecule has 0 spiro atoms. The van der Waals surface area contributed by atoms with Crippen molar-refractivity contribution in [2.24, 2.45) is 0 Å². The molecule has 112 valence electrons.